The quantitative estimate of drug-likeness (QED) is 0.419. The zero-order valence-corrected chi connectivity index (χ0v) is 17.1. The van der Waals surface area contributed by atoms with Crippen molar-refractivity contribution in [3.8, 4) is 11.4 Å². The Bertz CT molecular complexity index is 1160. The number of hydrogen-bond acceptors (Lipinski definition) is 7. The number of ether oxygens (including phenoxy) is 1. The molecule has 0 saturated carbocycles. The summed E-state index contributed by atoms with van der Waals surface area (Å²) in [5.41, 5.74) is 9.30. The summed E-state index contributed by atoms with van der Waals surface area (Å²) >= 11 is 7.94. The van der Waals surface area contributed by atoms with Gasteiger partial charge in [-0.25, -0.2) is 4.98 Å². The van der Waals surface area contributed by atoms with E-state index >= 15 is 0 Å². The van der Waals surface area contributed by atoms with Crippen molar-refractivity contribution < 1.29 is 4.74 Å². The molecule has 2 aromatic carbocycles. The van der Waals surface area contributed by atoms with Gasteiger partial charge in [0.05, 0.1) is 18.2 Å². The molecule has 0 amide bonds. The van der Waals surface area contributed by atoms with Crippen molar-refractivity contribution in [3.63, 3.8) is 0 Å². The van der Waals surface area contributed by atoms with Gasteiger partial charge in [-0.2, -0.15) is 9.97 Å². The lowest BCUT2D eigenvalue weighted by molar-refractivity contribution is 0.103. The summed E-state index contributed by atoms with van der Waals surface area (Å²) in [7, 11) is 0. The lowest BCUT2D eigenvalue weighted by atomic mass is 9.94. The molecule has 0 unspecified atom stereocenters. The molecule has 146 valence electrons. The van der Waals surface area contributed by atoms with Crippen LogP contribution in [0.5, 0.6) is 0 Å². The predicted octanol–water partition coefficient (Wildman–Crippen LogP) is 5.16. The summed E-state index contributed by atoms with van der Waals surface area (Å²) in [6.07, 6.45) is 3.86. The zero-order chi connectivity index (χ0) is 20.4. The second-order valence-electron chi connectivity index (χ2n) is 6.45. The molecule has 1 aromatic heterocycles. The van der Waals surface area contributed by atoms with E-state index in [2.05, 4.69) is 27.6 Å². The molecule has 0 saturated heterocycles. The number of benzene rings is 2. The van der Waals surface area contributed by atoms with Gasteiger partial charge < -0.3 is 15.9 Å². The van der Waals surface area contributed by atoms with Crippen LogP contribution in [0.3, 0.4) is 0 Å². The largest absolute Gasteiger partial charge is 0.372 e. The lowest BCUT2D eigenvalue weighted by Gasteiger charge is -2.20. The van der Waals surface area contributed by atoms with Crippen LogP contribution in [0.1, 0.15) is 17.5 Å². The first-order chi connectivity index (χ1) is 14.1. The lowest BCUT2D eigenvalue weighted by Crippen LogP contribution is -2.06. The van der Waals surface area contributed by atoms with E-state index in [1.165, 1.54) is 17.8 Å². The molecular weight excluding hydrogens is 406 g/mol. The third-order valence-electron chi connectivity index (χ3n) is 4.51. The number of nitrogen functional groups attached to an aromatic ring is 1. The Balaban J connectivity index is 1.76. The van der Waals surface area contributed by atoms with E-state index in [0.29, 0.717) is 41.3 Å². The molecule has 3 N–H and O–H groups in total. The molecule has 3 aromatic rings. The van der Waals surface area contributed by atoms with Crippen LogP contribution in [-0.2, 0) is 18.0 Å². The number of nitrogens with one attached hydrogen (secondary N) is 1. The number of rotatable bonds is 6. The second kappa shape index (κ2) is 8.32. The number of aromatic nitrogens is 3. The molecular formula is C21H18ClN5OS. The maximum atomic E-state index is 7.59. The minimum absolute atomic E-state index is 0.129. The van der Waals surface area contributed by atoms with E-state index in [-0.39, 0.29) is 5.95 Å². The smallest absolute Gasteiger partial charge is 0.224 e. The van der Waals surface area contributed by atoms with Crippen LogP contribution in [0.4, 0.5) is 5.95 Å². The topological polar surface area (TPSA) is 97.8 Å². The number of thioether (sulfide) groups is 1. The number of nitrogens with two attached hydrogens (primary N) is 1. The summed E-state index contributed by atoms with van der Waals surface area (Å²) in [4.78, 5) is 13.1. The van der Waals surface area contributed by atoms with E-state index in [1.807, 2.05) is 29.7 Å². The number of halogens is 1. The van der Waals surface area contributed by atoms with Crippen LogP contribution in [0.2, 0.25) is 5.02 Å². The molecule has 8 heteroatoms. The van der Waals surface area contributed by atoms with Crippen molar-refractivity contribution >= 4 is 45.8 Å². The van der Waals surface area contributed by atoms with Crippen LogP contribution in [0.15, 0.2) is 53.6 Å². The number of anilines is 1. The molecule has 1 aliphatic rings. The van der Waals surface area contributed by atoms with Crippen molar-refractivity contribution in [1.82, 2.24) is 15.0 Å². The van der Waals surface area contributed by atoms with Crippen molar-refractivity contribution in [1.29, 1.82) is 5.41 Å². The van der Waals surface area contributed by atoms with E-state index in [0.717, 1.165) is 27.5 Å². The highest BCUT2D eigenvalue weighted by molar-refractivity contribution is 8.02. The Morgan fingerprint density at radius 2 is 2.10 bits per heavy atom. The van der Waals surface area contributed by atoms with Crippen molar-refractivity contribution in [2.24, 2.45) is 0 Å². The van der Waals surface area contributed by atoms with Crippen molar-refractivity contribution in [2.45, 2.75) is 24.8 Å². The molecule has 29 heavy (non-hydrogen) atoms. The molecule has 4 rings (SSSR count). The van der Waals surface area contributed by atoms with Gasteiger partial charge in [0.25, 0.3) is 0 Å². The molecule has 0 bridgehead atoms. The summed E-state index contributed by atoms with van der Waals surface area (Å²) in [6.45, 7) is 4.67. The van der Waals surface area contributed by atoms with E-state index < -0.39 is 0 Å². The van der Waals surface area contributed by atoms with Crippen molar-refractivity contribution in [3.05, 3.63) is 64.6 Å². The minimum atomic E-state index is 0.129. The Kier molecular flexibility index (Phi) is 5.62. The Morgan fingerprint density at radius 3 is 2.93 bits per heavy atom. The summed E-state index contributed by atoms with van der Waals surface area (Å²) in [5, 5.41) is 12.5. The van der Waals surface area contributed by atoms with Gasteiger partial charge in [-0.05, 0) is 39.4 Å². The van der Waals surface area contributed by atoms with Crippen molar-refractivity contribution in [2.75, 3.05) is 5.73 Å². The molecule has 0 aliphatic carbocycles. The first-order valence-electron chi connectivity index (χ1n) is 8.91. The maximum Gasteiger partial charge on any atom is 0.224 e. The summed E-state index contributed by atoms with van der Waals surface area (Å²) in [6, 6.07) is 7.96. The Hall–Kier alpha value is -2.74. The fourth-order valence-electron chi connectivity index (χ4n) is 3.25. The highest BCUT2D eigenvalue weighted by atomic mass is 35.5. The fourth-order valence-corrected chi connectivity index (χ4v) is 4.17. The van der Waals surface area contributed by atoms with Gasteiger partial charge >= 0.3 is 0 Å². The highest BCUT2D eigenvalue weighted by Crippen LogP contribution is 2.39. The van der Waals surface area contributed by atoms with E-state index in [9.17, 15) is 0 Å². The van der Waals surface area contributed by atoms with Crippen LogP contribution in [0, 0.1) is 5.41 Å². The van der Waals surface area contributed by atoms with Gasteiger partial charge in [-0.3, -0.25) is 0 Å². The first kappa shape index (κ1) is 19.6. The van der Waals surface area contributed by atoms with Gasteiger partial charge in [0.1, 0.15) is 0 Å². The normalized spacial score (nSPS) is 13.1. The molecule has 6 nitrogen and oxygen atoms in total. The molecule has 0 atom stereocenters. The van der Waals surface area contributed by atoms with Gasteiger partial charge in [0, 0.05) is 17.7 Å². The Labute approximate surface area is 177 Å². The number of nitrogens with zero attached hydrogens (tertiary/aromatic N) is 3. The summed E-state index contributed by atoms with van der Waals surface area (Å²) < 4.78 is 5.65. The first-order valence-corrected chi connectivity index (χ1v) is 10.2. The van der Waals surface area contributed by atoms with Crippen LogP contribution in [-0.4, -0.2) is 20.7 Å². The summed E-state index contributed by atoms with van der Waals surface area (Å²) in [5.74, 6) is 0.567. The standard InChI is InChI=1S/C21H18ClN5OS/c1-2-14(23)6-4-8-29-21-26-19(25-20(24)27-21)18-15-7-3-5-12-10-28-11-13(17(12)15)9-16(18)22/h2-5,7-9,23H,1,6,10-11H2,(H2,24,25,26,27). The minimum Gasteiger partial charge on any atom is -0.372 e. The molecule has 0 fully saturated rings. The highest BCUT2D eigenvalue weighted by Gasteiger charge is 2.20. The molecule has 2 heterocycles. The van der Waals surface area contributed by atoms with Gasteiger partial charge in [0.2, 0.25) is 5.95 Å². The molecule has 0 spiro atoms. The average molecular weight is 424 g/mol. The number of hydrogen-bond donors (Lipinski definition) is 2. The average Bonchev–Trinajstić information content (AvgIpc) is 2.71. The third-order valence-corrected chi connectivity index (χ3v) is 5.53. The second-order valence-corrected chi connectivity index (χ2v) is 7.73. The van der Waals surface area contributed by atoms with Gasteiger partial charge in [0.15, 0.2) is 11.0 Å². The van der Waals surface area contributed by atoms with Crippen LogP contribution < -0.4 is 5.73 Å². The molecule has 0 radical (unpaired) electrons. The van der Waals surface area contributed by atoms with Gasteiger partial charge in [-0.15, -0.1) is 0 Å². The third kappa shape index (κ3) is 4.03. The zero-order valence-electron chi connectivity index (χ0n) is 15.5. The predicted molar refractivity (Wildman–Crippen MR) is 118 cm³/mol. The number of allylic oxidation sites excluding steroid dienone is 2. The fraction of sp³-hybridized carbons (Fsp3) is 0.143. The van der Waals surface area contributed by atoms with E-state index in [1.54, 1.807) is 0 Å². The SMILES string of the molecule is C=CC(=N)CC=CSc1nc(N)nc(-c2c(Cl)cc3c4c(cccc24)COC3)n1. The van der Waals surface area contributed by atoms with Gasteiger partial charge in [-0.1, -0.05) is 54.2 Å². The van der Waals surface area contributed by atoms with Crippen LogP contribution >= 0.6 is 23.4 Å². The van der Waals surface area contributed by atoms with Crippen LogP contribution in [0.25, 0.3) is 22.2 Å². The molecule has 1 aliphatic heterocycles. The maximum absolute atomic E-state index is 7.59. The van der Waals surface area contributed by atoms with E-state index in [4.69, 9.17) is 27.5 Å². The Morgan fingerprint density at radius 1 is 1.28 bits per heavy atom. The monoisotopic (exact) mass is 423 g/mol.